The Kier molecular flexibility index (Phi) is 4.13. The van der Waals surface area contributed by atoms with Crippen LogP contribution in [0, 0.1) is 23.2 Å². The molecule has 4 heteroatoms. The van der Waals surface area contributed by atoms with E-state index in [1.54, 1.807) is 0 Å². The zero-order valence-corrected chi connectivity index (χ0v) is 14.7. The number of rotatable bonds is 3. The van der Waals surface area contributed by atoms with Crippen molar-refractivity contribution in [2.24, 2.45) is 23.2 Å². The van der Waals surface area contributed by atoms with Gasteiger partial charge in [0.1, 0.15) is 5.78 Å². The van der Waals surface area contributed by atoms with Crippen LogP contribution in [0.5, 0.6) is 0 Å². The fourth-order valence-corrected chi connectivity index (χ4v) is 6.26. The molecule has 0 aromatic rings. The smallest absolute Gasteiger partial charge is 0.139 e. The van der Waals surface area contributed by atoms with E-state index in [0.717, 1.165) is 51.4 Å². The normalized spacial score (nSPS) is 47.6. The highest BCUT2D eigenvalue weighted by Gasteiger charge is 2.58. The van der Waals surface area contributed by atoms with E-state index in [9.17, 15) is 9.90 Å². The predicted molar refractivity (Wildman–Crippen MR) is 90.4 cm³/mol. The number of aliphatic hydroxyl groups is 2. The van der Waals surface area contributed by atoms with E-state index in [-0.39, 0.29) is 24.0 Å². The highest BCUT2D eigenvalue weighted by molar-refractivity contribution is 5.87. The zero-order valence-electron chi connectivity index (χ0n) is 14.7. The van der Waals surface area contributed by atoms with E-state index in [1.165, 1.54) is 5.57 Å². The third kappa shape index (κ3) is 2.33. The summed E-state index contributed by atoms with van der Waals surface area (Å²) in [6, 6.07) is 0. The maximum Gasteiger partial charge on any atom is 0.139 e. The lowest BCUT2D eigenvalue weighted by atomic mass is 9.53. The first-order chi connectivity index (χ1) is 11.5. The van der Waals surface area contributed by atoms with Crippen molar-refractivity contribution in [3.05, 3.63) is 11.6 Å². The molecule has 4 aliphatic carbocycles. The van der Waals surface area contributed by atoms with E-state index in [4.69, 9.17) is 9.84 Å². The van der Waals surface area contributed by atoms with Gasteiger partial charge in [0.15, 0.2) is 0 Å². The van der Waals surface area contributed by atoms with E-state index in [1.807, 2.05) is 0 Å². The summed E-state index contributed by atoms with van der Waals surface area (Å²) in [5, 5.41) is 20.5. The molecule has 0 aliphatic heterocycles. The molecule has 0 aromatic heterocycles. The maximum atomic E-state index is 12.4. The molecule has 3 saturated carbocycles. The Morgan fingerprint density at radius 2 is 2.12 bits per heavy atom. The van der Waals surface area contributed by atoms with Crippen LogP contribution in [0.4, 0.5) is 0 Å². The summed E-state index contributed by atoms with van der Waals surface area (Å²) >= 11 is 0. The molecular formula is C20H30O4. The Balaban J connectivity index is 1.57. The number of ketones is 1. The molecule has 5 unspecified atom stereocenters. The third-order valence-corrected chi connectivity index (χ3v) is 7.61. The van der Waals surface area contributed by atoms with Crippen LogP contribution < -0.4 is 0 Å². The van der Waals surface area contributed by atoms with Gasteiger partial charge in [0.05, 0.1) is 24.9 Å². The zero-order chi connectivity index (χ0) is 16.9. The molecule has 6 atom stereocenters. The van der Waals surface area contributed by atoms with Crippen molar-refractivity contribution in [1.29, 1.82) is 0 Å². The van der Waals surface area contributed by atoms with Gasteiger partial charge in [-0.05, 0) is 68.3 Å². The first-order valence-electron chi connectivity index (χ1n) is 9.67. The summed E-state index contributed by atoms with van der Waals surface area (Å²) < 4.78 is 5.74. The lowest BCUT2D eigenvalue weighted by molar-refractivity contribution is -0.129. The minimum absolute atomic E-state index is 0.0625. The average molecular weight is 334 g/mol. The molecule has 0 bridgehead atoms. The Morgan fingerprint density at radius 1 is 1.29 bits per heavy atom. The molecule has 4 nitrogen and oxygen atoms in total. The molecule has 4 aliphatic rings. The molecule has 3 fully saturated rings. The summed E-state index contributed by atoms with van der Waals surface area (Å²) in [4.78, 5) is 12.4. The van der Waals surface area contributed by atoms with Gasteiger partial charge in [-0.3, -0.25) is 4.79 Å². The van der Waals surface area contributed by atoms with E-state index in [0.29, 0.717) is 24.2 Å². The second-order valence-electron chi connectivity index (χ2n) is 8.65. The van der Waals surface area contributed by atoms with Gasteiger partial charge in [-0.25, -0.2) is 0 Å². The Hall–Kier alpha value is -0.710. The molecule has 4 rings (SSSR count). The second-order valence-corrected chi connectivity index (χ2v) is 8.65. The molecule has 0 aromatic carbocycles. The molecule has 0 radical (unpaired) electrons. The van der Waals surface area contributed by atoms with Crippen molar-refractivity contribution in [3.8, 4) is 0 Å². The minimum Gasteiger partial charge on any atom is -0.394 e. The van der Waals surface area contributed by atoms with Crippen LogP contribution in [0.15, 0.2) is 11.6 Å². The van der Waals surface area contributed by atoms with Gasteiger partial charge < -0.3 is 14.9 Å². The molecule has 0 saturated heterocycles. The van der Waals surface area contributed by atoms with Gasteiger partial charge in [-0.15, -0.1) is 0 Å². The molecule has 0 heterocycles. The topological polar surface area (TPSA) is 66.8 Å². The number of carbonyl (C=O) groups excluding carboxylic acids is 1. The van der Waals surface area contributed by atoms with Gasteiger partial charge in [0.2, 0.25) is 0 Å². The van der Waals surface area contributed by atoms with Crippen LogP contribution in [-0.4, -0.2) is 40.9 Å². The van der Waals surface area contributed by atoms with E-state index in [2.05, 4.69) is 13.0 Å². The fraction of sp³-hybridized carbons (Fsp3) is 0.850. The number of aliphatic hydroxyl groups excluding tert-OH is 1. The van der Waals surface area contributed by atoms with E-state index < -0.39 is 5.60 Å². The van der Waals surface area contributed by atoms with Gasteiger partial charge in [0, 0.05) is 11.8 Å². The number of hydrogen-bond donors (Lipinski definition) is 2. The number of Topliss-reactive ketones (excluding diaryl/α,β-unsaturated/α-hetero) is 1. The van der Waals surface area contributed by atoms with Crippen LogP contribution >= 0.6 is 0 Å². The monoisotopic (exact) mass is 334 g/mol. The Morgan fingerprint density at radius 3 is 2.92 bits per heavy atom. The highest BCUT2D eigenvalue weighted by Crippen LogP contribution is 2.60. The quantitative estimate of drug-likeness (QED) is 0.779. The van der Waals surface area contributed by atoms with Crippen molar-refractivity contribution >= 4 is 5.78 Å². The number of fused-ring (bicyclic) bond motifs is 5. The summed E-state index contributed by atoms with van der Waals surface area (Å²) in [6.45, 7) is 2.60. The van der Waals surface area contributed by atoms with Gasteiger partial charge in [-0.1, -0.05) is 13.0 Å². The van der Waals surface area contributed by atoms with Crippen LogP contribution in [0.2, 0.25) is 0 Å². The Bertz CT molecular complexity index is 556. The summed E-state index contributed by atoms with van der Waals surface area (Å²) in [5.41, 5.74) is 0.379. The molecule has 0 spiro atoms. The lowest BCUT2D eigenvalue weighted by Gasteiger charge is -2.54. The van der Waals surface area contributed by atoms with Crippen LogP contribution in [0.25, 0.3) is 0 Å². The third-order valence-electron chi connectivity index (χ3n) is 7.61. The predicted octanol–water partition coefficient (Wildman–Crippen LogP) is 2.62. The Labute approximate surface area is 144 Å². The summed E-state index contributed by atoms with van der Waals surface area (Å²) in [6.07, 6.45) is 9.55. The van der Waals surface area contributed by atoms with Crippen LogP contribution in [-0.2, 0) is 9.53 Å². The van der Waals surface area contributed by atoms with Gasteiger partial charge in [-0.2, -0.15) is 0 Å². The largest absolute Gasteiger partial charge is 0.394 e. The first-order valence-corrected chi connectivity index (χ1v) is 9.67. The average Bonchev–Trinajstić information content (AvgIpc) is 2.88. The van der Waals surface area contributed by atoms with Gasteiger partial charge >= 0.3 is 0 Å². The van der Waals surface area contributed by atoms with Crippen LogP contribution in [0.1, 0.15) is 58.3 Å². The van der Waals surface area contributed by atoms with Crippen molar-refractivity contribution in [2.75, 3.05) is 13.2 Å². The molecule has 0 amide bonds. The van der Waals surface area contributed by atoms with E-state index >= 15 is 0 Å². The number of hydrogen-bond acceptors (Lipinski definition) is 4. The van der Waals surface area contributed by atoms with Crippen molar-refractivity contribution in [1.82, 2.24) is 0 Å². The van der Waals surface area contributed by atoms with Crippen molar-refractivity contribution < 1.29 is 19.7 Å². The van der Waals surface area contributed by atoms with Crippen molar-refractivity contribution in [3.63, 3.8) is 0 Å². The maximum absolute atomic E-state index is 12.4. The standard InChI is InChI=1S/C20H30O4/c1-19-8-7-17-15(16(19)4-5-18(19)22)3-2-13-12-14(24-11-10-21)6-9-20(13,17)23/h7,13-16,21,23H,2-6,8-12H2,1H3/t13?,14?,15?,16?,19?,20-/m0/s1. The van der Waals surface area contributed by atoms with Crippen molar-refractivity contribution in [2.45, 2.75) is 70.0 Å². The number of ether oxygens (including phenoxy) is 1. The number of carbonyl (C=O) groups is 1. The lowest BCUT2D eigenvalue weighted by Crippen LogP contribution is -2.54. The first kappa shape index (κ1) is 16.7. The molecular weight excluding hydrogens is 304 g/mol. The summed E-state index contributed by atoms with van der Waals surface area (Å²) in [5.74, 6) is 1.52. The van der Waals surface area contributed by atoms with Gasteiger partial charge in [0.25, 0.3) is 0 Å². The SMILES string of the molecule is CC12CC=C3C(CCC4CC(OCCO)CC[C@@]34O)C1CCC2=O. The molecule has 2 N–H and O–H groups in total. The van der Waals surface area contributed by atoms with Crippen LogP contribution in [0.3, 0.4) is 0 Å². The highest BCUT2D eigenvalue weighted by atomic mass is 16.5. The fourth-order valence-electron chi connectivity index (χ4n) is 6.26. The number of allylic oxidation sites excluding steroid dienone is 1. The summed E-state index contributed by atoms with van der Waals surface area (Å²) in [7, 11) is 0. The minimum atomic E-state index is -0.686. The second kappa shape index (κ2) is 5.93. The molecule has 24 heavy (non-hydrogen) atoms. The molecule has 134 valence electrons.